The Morgan fingerprint density at radius 3 is 2.11 bits per heavy atom. The molecular weight excluding hydrogens is 474 g/mol. The fourth-order valence-electron chi connectivity index (χ4n) is 4.78. The van der Waals surface area contributed by atoms with E-state index in [1.807, 2.05) is 66.7 Å². The topological polar surface area (TPSA) is 38.7 Å². The number of benzene rings is 6. The Hall–Kier alpha value is -4.60. The molecule has 0 aliphatic rings. The van der Waals surface area contributed by atoms with Crippen molar-refractivity contribution < 1.29 is 4.11 Å². The third-order valence-corrected chi connectivity index (χ3v) is 6.75. The molecule has 4 heteroatoms. The molecule has 1 heterocycles. The van der Waals surface area contributed by atoms with Crippen molar-refractivity contribution in [2.45, 2.75) is 0 Å². The van der Waals surface area contributed by atoms with Crippen molar-refractivity contribution in [2.24, 2.45) is 0 Å². The van der Waals surface area contributed by atoms with Crippen LogP contribution in [0.25, 0.3) is 66.5 Å². The highest BCUT2D eigenvalue weighted by Gasteiger charge is 2.15. The smallest absolute Gasteiger partial charge is 0.164 e. The van der Waals surface area contributed by atoms with Gasteiger partial charge in [0.05, 0.1) is 4.11 Å². The summed E-state index contributed by atoms with van der Waals surface area (Å²) >= 11 is 6.29. The van der Waals surface area contributed by atoms with Crippen LogP contribution in [0.3, 0.4) is 0 Å². The summed E-state index contributed by atoms with van der Waals surface area (Å²) in [5.41, 5.74) is 1.77. The lowest BCUT2D eigenvalue weighted by Gasteiger charge is -2.12. The Morgan fingerprint density at radius 1 is 0.514 bits per heavy atom. The van der Waals surface area contributed by atoms with E-state index in [0.29, 0.717) is 11.6 Å². The summed E-state index contributed by atoms with van der Waals surface area (Å²) in [7, 11) is 0. The first-order valence-corrected chi connectivity index (χ1v) is 12.3. The van der Waals surface area contributed by atoms with Gasteiger partial charge in [-0.25, -0.2) is 15.0 Å². The summed E-state index contributed by atoms with van der Waals surface area (Å²) in [5.74, 6) is 1.02. The maximum absolute atomic E-state index is 8.62. The zero-order valence-corrected chi connectivity index (χ0v) is 20.3. The van der Waals surface area contributed by atoms with Crippen LogP contribution in [0.1, 0.15) is 4.11 Å². The van der Waals surface area contributed by atoms with Crippen LogP contribution < -0.4 is 0 Å². The molecule has 174 valence electrons. The summed E-state index contributed by atoms with van der Waals surface area (Å²) < 4.78 is 25.2. The minimum Gasteiger partial charge on any atom is -0.208 e. The van der Waals surface area contributed by atoms with E-state index in [4.69, 9.17) is 30.7 Å². The Bertz CT molecular complexity index is 2130. The molecule has 0 spiro atoms. The Labute approximate surface area is 223 Å². The van der Waals surface area contributed by atoms with Crippen molar-refractivity contribution in [3.63, 3.8) is 0 Å². The van der Waals surface area contributed by atoms with Gasteiger partial charge in [0.15, 0.2) is 17.5 Å². The van der Waals surface area contributed by atoms with Crippen LogP contribution in [0.5, 0.6) is 0 Å². The minimum absolute atomic E-state index is 0.0371. The SMILES string of the molecule is [2H]c1cc([2H])c(-c2nc(-c3ccc4ccccc4c3)nc(-c3cccc4c3ccc3ccccc34)n2)c([2H])c1Cl. The summed E-state index contributed by atoms with van der Waals surface area (Å²) in [6, 6.07) is 33.6. The normalized spacial score (nSPS) is 12.5. The molecule has 0 atom stereocenters. The monoisotopic (exact) mass is 496 g/mol. The second-order valence-electron chi connectivity index (χ2n) is 8.80. The van der Waals surface area contributed by atoms with Crippen LogP contribution in [-0.4, -0.2) is 15.0 Å². The molecular formula is C33H20ClN3. The van der Waals surface area contributed by atoms with E-state index in [9.17, 15) is 0 Å². The maximum atomic E-state index is 8.62. The van der Waals surface area contributed by atoms with Gasteiger partial charge in [0.25, 0.3) is 0 Å². The summed E-state index contributed by atoms with van der Waals surface area (Å²) in [5, 5.41) is 6.43. The second-order valence-corrected chi connectivity index (χ2v) is 9.18. The predicted molar refractivity (Wildman–Crippen MR) is 154 cm³/mol. The van der Waals surface area contributed by atoms with Gasteiger partial charge in [0.2, 0.25) is 0 Å². The molecule has 7 aromatic rings. The van der Waals surface area contributed by atoms with Gasteiger partial charge in [0.1, 0.15) is 0 Å². The first-order valence-electron chi connectivity index (χ1n) is 13.4. The van der Waals surface area contributed by atoms with E-state index in [1.54, 1.807) is 0 Å². The van der Waals surface area contributed by atoms with Crippen molar-refractivity contribution in [1.29, 1.82) is 0 Å². The molecule has 0 amide bonds. The number of nitrogens with zero attached hydrogens (tertiary/aromatic N) is 3. The minimum atomic E-state index is -0.148. The molecule has 0 radical (unpaired) electrons. The van der Waals surface area contributed by atoms with Crippen molar-refractivity contribution in [2.75, 3.05) is 0 Å². The zero-order chi connectivity index (χ0) is 27.4. The number of rotatable bonds is 3. The van der Waals surface area contributed by atoms with Crippen LogP contribution in [0.2, 0.25) is 5.02 Å². The van der Waals surface area contributed by atoms with Crippen LogP contribution in [0.15, 0.2) is 121 Å². The molecule has 0 fully saturated rings. The van der Waals surface area contributed by atoms with E-state index in [1.165, 1.54) is 6.07 Å². The van der Waals surface area contributed by atoms with Crippen LogP contribution >= 0.6 is 11.6 Å². The lowest BCUT2D eigenvalue weighted by molar-refractivity contribution is 1.08. The Balaban J connectivity index is 1.53. The molecule has 37 heavy (non-hydrogen) atoms. The molecule has 0 unspecified atom stereocenters. The highest BCUT2D eigenvalue weighted by Crippen LogP contribution is 2.34. The van der Waals surface area contributed by atoms with E-state index in [-0.39, 0.29) is 34.5 Å². The highest BCUT2D eigenvalue weighted by atomic mass is 35.5. The maximum Gasteiger partial charge on any atom is 0.164 e. The van der Waals surface area contributed by atoms with Gasteiger partial charge >= 0.3 is 0 Å². The number of aromatic nitrogens is 3. The first-order chi connectivity index (χ1) is 19.5. The molecule has 0 saturated carbocycles. The fourth-order valence-corrected chi connectivity index (χ4v) is 4.92. The van der Waals surface area contributed by atoms with Gasteiger partial charge in [-0.3, -0.25) is 0 Å². The van der Waals surface area contributed by atoms with Crippen molar-refractivity contribution >= 4 is 43.9 Å². The lowest BCUT2D eigenvalue weighted by atomic mass is 9.98. The van der Waals surface area contributed by atoms with E-state index in [2.05, 4.69) is 30.3 Å². The molecule has 0 N–H and O–H groups in total. The Morgan fingerprint density at radius 2 is 1.22 bits per heavy atom. The average Bonchev–Trinajstić information content (AvgIpc) is 2.99. The average molecular weight is 497 g/mol. The summed E-state index contributed by atoms with van der Waals surface area (Å²) in [6.07, 6.45) is 0. The molecule has 7 rings (SSSR count). The number of halogens is 1. The van der Waals surface area contributed by atoms with Gasteiger partial charge in [-0.15, -0.1) is 0 Å². The van der Waals surface area contributed by atoms with Gasteiger partial charge in [-0.1, -0.05) is 115 Å². The Kier molecular flexibility index (Phi) is 4.44. The molecule has 3 nitrogen and oxygen atoms in total. The highest BCUT2D eigenvalue weighted by molar-refractivity contribution is 6.30. The second kappa shape index (κ2) is 8.81. The molecule has 0 saturated heterocycles. The number of hydrogen-bond donors (Lipinski definition) is 0. The zero-order valence-electron chi connectivity index (χ0n) is 22.5. The third kappa shape index (κ3) is 3.90. The lowest BCUT2D eigenvalue weighted by Crippen LogP contribution is -2.00. The third-order valence-electron chi connectivity index (χ3n) is 6.54. The fraction of sp³-hybridized carbons (Fsp3) is 0. The predicted octanol–water partition coefficient (Wildman–Crippen LogP) is 8.99. The van der Waals surface area contributed by atoms with Gasteiger partial charge in [-0.2, -0.15) is 0 Å². The van der Waals surface area contributed by atoms with Gasteiger partial charge < -0.3 is 0 Å². The number of fused-ring (bicyclic) bond motifs is 4. The van der Waals surface area contributed by atoms with E-state index in [0.717, 1.165) is 43.4 Å². The molecule has 0 aliphatic heterocycles. The van der Waals surface area contributed by atoms with Crippen molar-refractivity contribution in [3.05, 3.63) is 126 Å². The standard InChI is InChI=1S/C33H20ClN3/c34-26-11-5-10-24(20-26)31-35-32(25-16-15-21-7-1-2-9-23(21)19-25)37-33(36-31)30-14-6-13-28-27-12-4-3-8-22(27)17-18-29(28)30/h1-20H/i10D,11D,20D. The first kappa shape index (κ1) is 18.6. The van der Waals surface area contributed by atoms with Crippen molar-refractivity contribution in [1.82, 2.24) is 15.0 Å². The van der Waals surface area contributed by atoms with Gasteiger partial charge in [0, 0.05) is 21.7 Å². The van der Waals surface area contributed by atoms with Crippen LogP contribution in [0.4, 0.5) is 0 Å². The molecule has 0 aliphatic carbocycles. The van der Waals surface area contributed by atoms with Gasteiger partial charge in [-0.05, 0) is 50.5 Å². The molecule has 6 aromatic carbocycles. The quantitative estimate of drug-likeness (QED) is 0.229. The van der Waals surface area contributed by atoms with E-state index < -0.39 is 0 Å². The molecule has 0 bridgehead atoms. The molecule has 1 aromatic heterocycles. The van der Waals surface area contributed by atoms with Crippen LogP contribution in [0, 0.1) is 0 Å². The number of hydrogen-bond acceptors (Lipinski definition) is 3. The van der Waals surface area contributed by atoms with Crippen LogP contribution in [-0.2, 0) is 0 Å². The largest absolute Gasteiger partial charge is 0.208 e. The van der Waals surface area contributed by atoms with E-state index >= 15 is 0 Å². The summed E-state index contributed by atoms with van der Waals surface area (Å²) in [4.78, 5) is 14.5. The summed E-state index contributed by atoms with van der Waals surface area (Å²) in [6.45, 7) is 0. The van der Waals surface area contributed by atoms with Crippen molar-refractivity contribution in [3.8, 4) is 34.2 Å².